The van der Waals surface area contributed by atoms with Crippen LogP contribution in [0.2, 0.25) is 0 Å². The van der Waals surface area contributed by atoms with Gasteiger partial charge < -0.3 is 5.11 Å². The summed E-state index contributed by atoms with van der Waals surface area (Å²) >= 11 is 0. The summed E-state index contributed by atoms with van der Waals surface area (Å²) in [6.45, 7) is 2.34. The molecule has 1 nitrogen and oxygen atoms in total. The fourth-order valence-corrected chi connectivity index (χ4v) is 7.15. The lowest BCUT2D eigenvalue weighted by Gasteiger charge is -2.60. The van der Waals surface area contributed by atoms with Crippen molar-refractivity contribution in [3.8, 4) is 0 Å². The highest BCUT2D eigenvalue weighted by Crippen LogP contribution is 2.63. The molecule has 0 aliphatic heterocycles. The van der Waals surface area contributed by atoms with Gasteiger partial charge in [0.2, 0.25) is 0 Å². The molecule has 3 unspecified atom stereocenters. The topological polar surface area (TPSA) is 20.2 Å². The highest BCUT2D eigenvalue weighted by Gasteiger charge is 2.55. The van der Waals surface area contributed by atoms with E-state index in [1.807, 2.05) is 0 Å². The summed E-state index contributed by atoms with van der Waals surface area (Å²) in [7, 11) is 0. The van der Waals surface area contributed by atoms with Crippen molar-refractivity contribution in [1.82, 2.24) is 0 Å². The van der Waals surface area contributed by atoms with E-state index in [-0.39, 0.29) is 6.10 Å². The van der Waals surface area contributed by atoms with Crippen LogP contribution < -0.4 is 0 Å². The Hall–Kier alpha value is -0.0400. The highest BCUT2D eigenvalue weighted by molar-refractivity contribution is 5.06. The third-order valence-corrected chi connectivity index (χ3v) is 7.61. The molecule has 0 aromatic carbocycles. The summed E-state index contributed by atoms with van der Waals surface area (Å²) in [4.78, 5) is 0. The van der Waals surface area contributed by atoms with E-state index >= 15 is 0 Å². The Bertz CT molecular complexity index is 325. The third kappa shape index (κ3) is 2.07. The van der Waals surface area contributed by atoms with Gasteiger partial charge in [0.1, 0.15) is 0 Å². The quantitative estimate of drug-likeness (QED) is 0.786. The Morgan fingerprint density at radius 1 is 0.950 bits per heavy atom. The van der Waals surface area contributed by atoms with Gasteiger partial charge in [-0.1, -0.05) is 32.6 Å². The molecule has 5 saturated carbocycles. The summed E-state index contributed by atoms with van der Waals surface area (Å²) in [5, 5.41) is 11.3. The van der Waals surface area contributed by atoms with E-state index < -0.39 is 0 Å². The third-order valence-electron chi connectivity index (χ3n) is 7.61. The molecule has 0 aromatic rings. The molecular weight excluding hydrogens is 244 g/mol. The molecule has 5 aliphatic carbocycles. The molecule has 1 N–H and O–H groups in total. The van der Waals surface area contributed by atoms with Gasteiger partial charge in [0, 0.05) is 0 Å². The van der Waals surface area contributed by atoms with Crippen molar-refractivity contribution in [2.75, 3.05) is 0 Å². The smallest absolute Gasteiger partial charge is 0.0627 e. The molecule has 3 atom stereocenters. The maximum atomic E-state index is 11.3. The minimum atomic E-state index is 0.0288. The van der Waals surface area contributed by atoms with Crippen LogP contribution >= 0.6 is 0 Å². The van der Waals surface area contributed by atoms with Gasteiger partial charge in [-0.2, -0.15) is 0 Å². The highest BCUT2D eigenvalue weighted by atomic mass is 16.3. The normalized spacial score (nSPS) is 52.2. The molecule has 0 spiro atoms. The standard InChI is InChI=1S/C19H32O/c1-2-16-5-3-4-6-17(16)18(20)19-10-13-7-14(11-19)9-15(8-13)12-19/h13-18,20H,2-12H2,1H3. The Labute approximate surface area is 124 Å². The zero-order valence-electron chi connectivity index (χ0n) is 13.2. The number of hydrogen-bond donors (Lipinski definition) is 1. The molecular formula is C19H32O. The lowest BCUT2D eigenvalue weighted by Crippen LogP contribution is -2.54. The van der Waals surface area contributed by atoms with Crippen LogP contribution in [-0.4, -0.2) is 11.2 Å². The van der Waals surface area contributed by atoms with Crippen molar-refractivity contribution in [3.05, 3.63) is 0 Å². The first-order chi connectivity index (χ1) is 9.70. The lowest BCUT2D eigenvalue weighted by atomic mass is 9.46. The molecule has 0 heterocycles. The molecule has 0 amide bonds. The van der Waals surface area contributed by atoms with Gasteiger partial charge in [-0.15, -0.1) is 0 Å². The molecule has 4 bridgehead atoms. The summed E-state index contributed by atoms with van der Waals surface area (Å²) in [5.74, 6) is 4.36. The molecule has 0 saturated heterocycles. The lowest BCUT2D eigenvalue weighted by molar-refractivity contribution is -0.149. The van der Waals surface area contributed by atoms with Crippen molar-refractivity contribution < 1.29 is 5.11 Å². The van der Waals surface area contributed by atoms with E-state index in [1.54, 1.807) is 0 Å². The number of rotatable bonds is 3. The zero-order valence-corrected chi connectivity index (χ0v) is 13.2. The van der Waals surface area contributed by atoms with Crippen molar-refractivity contribution in [1.29, 1.82) is 0 Å². The first-order valence-electron chi connectivity index (χ1n) is 9.38. The maximum Gasteiger partial charge on any atom is 0.0627 e. The fraction of sp³-hybridized carbons (Fsp3) is 1.00. The van der Waals surface area contributed by atoms with Crippen LogP contribution in [0, 0.1) is 35.0 Å². The Morgan fingerprint density at radius 2 is 1.50 bits per heavy atom. The van der Waals surface area contributed by atoms with Crippen LogP contribution in [0.5, 0.6) is 0 Å². The Balaban J connectivity index is 1.56. The molecule has 114 valence electrons. The van der Waals surface area contributed by atoms with Crippen LogP contribution in [0.15, 0.2) is 0 Å². The van der Waals surface area contributed by atoms with Gasteiger partial charge in [-0.05, 0) is 80.0 Å². The van der Waals surface area contributed by atoms with Crippen molar-refractivity contribution in [3.63, 3.8) is 0 Å². The van der Waals surface area contributed by atoms with Crippen molar-refractivity contribution >= 4 is 0 Å². The zero-order chi connectivity index (χ0) is 13.7. The predicted octanol–water partition coefficient (Wildman–Crippen LogP) is 4.78. The fourth-order valence-electron chi connectivity index (χ4n) is 7.15. The first-order valence-corrected chi connectivity index (χ1v) is 9.38. The molecule has 1 heteroatoms. The van der Waals surface area contributed by atoms with Gasteiger partial charge in [0.05, 0.1) is 6.10 Å². The number of aliphatic hydroxyl groups excluding tert-OH is 1. The van der Waals surface area contributed by atoms with E-state index in [2.05, 4.69) is 6.92 Å². The molecule has 20 heavy (non-hydrogen) atoms. The minimum absolute atomic E-state index is 0.0288. The molecule has 0 aromatic heterocycles. The maximum absolute atomic E-state index is 11.3. The summed E-state index contributed by atoms with van der Waals surface area (Å²) in [6, 6.07) is 0. The van der Waals surface area contributed by atoms with Gasteiger partial charge in [-0.3, -0.25) is 0 Å². The molecule has 5 aliphatic rings. The molecule has 0 radical (unpaired) electrons. The van der Waals surface area contributed by atoms with Crippen LogP contribution in [0.25, 0.3) is 0 Å². The second-order valence-corrected chi connectivity index (χ2v) is 8.84. The van der Waals surface area contributed by atoms with E-state index in [1.165, 1.54) is 70.6 Å². The van der Waals surface area contributed by atoms with E-state index in [0.29, 0.717) is 11.3 Å². The van der Waals surface area contributed by atoms with E-state index in [9.17, 15) is 5.11 Å². The number of aliphatic hydroxyl groups is 1. The van der Waals surface area contributed by atoms with Crippen molar-refractivity contribution in [2.45, 2.75) is 83.7 Å². The first kappa shape index (κ1) is 13.6. The average molecular weight is 276 g/mol. The molecule has 5 rings (SSSR count). The van der Waals surface area contributed by atoms with Crippen LogP contribution in [-0.2, 0) is 0 Å². The van der Waals surface area contributed by atoms with Crippen LogP contribution in [0.1, 0.15) is 77.6 Å². The monoisotopic (exact) mass is 276 g/mol. The van der Waals surface area contributed by atoms with Gasteiger partial charge in [0.25, 0.3) is 0 Å². The van der Waals surface area contributed by atoms with Crippen molar-refractivity contribution in [2.24, 2.45) is 35.0 Å². The summed E-state index contributed by atoms with van der Waals surface area (Å²) in [6.07, 6.45) is 15.4. The van der Waals surface area contributed by atoms with E-state index in [4.69, 9.17) is 0 Å². The van der Waals surface area contributed by atoms with Gasteiger partial charge >= 0.3 is 0 Å². The largest absolute Gasteiger partial charge is 0.392 e. The SMILES string of the molecule is CCC1CCCCC1C(O)C12CC3CC(CC(C3)C1)C2. The Kier molecular flexibility index (Phi) is 3.41. The summed E-state index contributed by atoms with van der Waals surface area (Å²) < 4.78 is 0. The molecule has 5 fully saturated rings. The van der Waals surface area contributed by atoms with Crippen LogP contribution in [0.3, 0.4) is 0 Å². The van der Waals surface area contributed by atoms with Crippen LogP contribution in [0.4, 0.5) is 0 Å². The van der Waals surface area contributed by atoms with Gasteiger partial charge in [0.15, 0.2) is 0 Å². The second-order valence-electron chi connectivity index (χ2n) is 8.84. The predicted molar refractivity (Wildman–Crippen MR) is 82.4 cm³/mol. The number of hydrogen-bond acceptors (Lipinski definition) is 1. The second kappa shape index (κ2) is 5.00. The Morgan fingerprint density at radius 3 is 2.05 bits per heavy atom. The minimum Gasteiger partial charge on any atom is -0.392 e. The summed E-state index contributed by atoms with van der Waals surface area (Å²) in [5.41, 5.74) is 0.351. The van der Waals surface area contributed by atoms with Gasteiger partial charge in [-0.25, -0.2) is 0 Å². The average Bonchev–Trinajstić information content (AvgIpc) is 2.45. The van der Waals surface area contributed by atoms with E-state index in [0.717, 1.165) is 23.7 Å².